The van der Waals surface area contributed by atoms with Crippen LogP contribution in [0.2, 0.25) is 0 Å². The van der Waals surface area contributed by atoms with Crippen LogP contribution < -0.4 is 0 Å². The number of allylic oxidation sites excluding steroid dienone is 2. The summed E-state index contributed by atoms with van der Waals surface area (Å²) >= 11 is 0. The Balaban J connectivity index is 2.02. The third-order valence-corrected chi connectivity index (χ3v) is 4.55. The number of carbonyl (C=O) groups is 2. The van der Waals surface area contributed by atoms with E-state index >= 15 is 0 Å². The van der Waals surface area contributed by atoms with Gasteiger partial charge >= 0.3 is 5.97 Å². The van der Waals surface area contributed by atoms with E-state index in [1.807, 2.05) is 30.3 Å². The number of benzene rings is 1. The second-order valence-electron chi connectivity index (χ2n) is 5.89. The maximum Gasteiger partial charge on any atom is 0.326 e. The molecule has 0 spiro atoms. The molecule has 2 aliphatic carbocycles. The Labute approximate surface area is 129 Å². The van der Waals surface area contributed by atoms with Crippen LogP contribution in [0.15, 0.2) is 35.9 Å². The zero-order valence-corrected chi connectivity index (χ0v) is 12.5. The number of esters is 1. The number of hydrogen-bond donors (Lipinski definition) is 0. The molecule has 1 aromatic carbocycles. The molecule has 1 saturated carbocycles. The summed E-state index contributed by atoms with van der Waals surface area (Å²) in [5.74, 6) is -0.354. The van der Waals surface area contributed by atoms with E-state index in [4.69, 9.17) is 4.74 Å². The van der Waals surface area contributed by atoms with Gasteiger partial charge in [-0.15, -0.1) is 0 Å². The minimum Gasteiger partial charge on any atom is -0.465 e. The van der Waals surface area contributed by atoms with Gasteiger partial charge in [-0.3, -0.25) is 9.59 Å². The smallest absolute Gasteiger partial charge is 0.326 e. The lowest BCUT2D eigenvalue weighted by atomic mass is 9.85. The number of hydrogen-bond acceptors (Lipinski definition) is 4. The summed E-state index contributed by atoms with van der Waals surface area (Å²) in [6.45, 7) is 1.99. The zero-order valence-electron chi connectivity index (χ0n) is 12.5. The molecule has 0 amide bonds. The number of ether oxygens (including phenoxy) is 1. The van der Waals surface area contributed by atoms with Crippen LogP contribution in [0.25, 0.3) is 5.57 Å². The fraction of sp³-hybridized carbons (Fsp3) is 0.389. The molecule has 0 aliphatic heterocycles. The van der Waals surface area contributed by atoms with E-state index < -0.39 is 11.4 Å². The van der Waals surface area contributed by atoms with Gasteiger partial charge in [0.15, 0.2) is 11.2 Å². The van der Waals surface area contributed by atoms with Crippen molar-refractivity contribution < 1.29 is 14.3 Å². The van der Waals surface area contributed by atoms with Crippen LogP contribution in [0.4, 0.5) is 0 Å². The van der Waals surface area contributed by atoms with Gasteiger partial charge in [0, 0.05) is 12.0 Å². The average molecular weight is 295 g/mol. The monoisotopic (exact) mass is 295 g/mol. The minimum atomic E-state index is -1.13. The number of nitrogens with zero attached hydrogens (tertiary/aromatic N) is 1. The molecule has 0 heterocycles. The highest BCUT2D eigenvalue weighted by Gasteiger charge is 2.53. The third kappa shape index (κ3) is 2.14. The Morgan fingerprint density at radius 2 is 2.14 bits per heavy atom. The van der Waals surface area contributed by atoms with Gasteiger partial charge < -0.3 is 4.74 Å². The lowest BCUT2D eigenvalue weighted by Crippen LogP contribution is -2.29. The molecular formula is C18H17NO3. The molecule has 2 atom stereocenters. The molecule has 4 nitrogen and oxygen atoms in total. The van der Waals surface area contributed by atoms with Crippen molar-refractivity contribution in [3.8, 4) is 6.07 Å². The van der Waals surface area contributed by atoms with Gasteiger partial charge in [0.2, 0.25) is 0 Å². The Hall–Kier alpha value is -2.41. The molecule has 2 unspecified atom stereocenters. The Kier molecular flexibility index (Phi) is 3.58. The summed E-state index contributed by atoms with van der Waals surface area (Å²) < 4.78 is 5.08. The lowest BCUT2D eigenvalue weighted by molar-refractivity contribution is -0.151. The van der Waals surface area contributed by atoms with Crippen LogP contribution in [0, 0.1) is 22.7 Å². The molecule has 22 heavy (non-hydrogen) atoms. The fourth-order valence-corrected chi connectivity index (χ4v) is 3.59. The number of nitriles is 1. The van der Waals surface area contributed by atoms with E-state index in [-0.39, 0.29) is 18.3 Å². The molecular weight excluding hydrogens is 278 g/mol. The zero-order chi connectivity index (χ0) is 15.7. The number of ketones is 1. The van der Waals surface area contributed by atoms with Crippen molar-refractivity contribution in [2.45, 2.75) is 26.2 Å². The maximum atomic E-state index is 12.3. The van der Waals surface area contributed by atoms with E-state index in [0.717, 1.165) is 11.1 Å². The van der Waals surface area contributed by atoms with Crippen LogP contribution in [-0.4, -0.2) is 18.4 Å². The number of Topliss-reactive ketones (excluding diaryl/α,β-unsaturated/α-hetero) is 1. The minimum absolute atomic E-state index is 0.00763. The average Bonchev–Trinajstić information content (AvgIpc) is 3.02. The van der Waals surface area contributed by atoms with E-state index in [1.165, 1.54) is 0 Å². The van der Waals surface area contributed by atoms with Crippen molar-refractivity contribution in [3.05, 3.63) is 41.5 Å². The summed E-state index contributed by atoms with van der Waals surface area (Å²) in [7, 11) is 0. The van der Waals surface area contributed by atoms with Gasteiger partial charge in [-0.05, 0) is 31.2 Å². The van der Waals surface area contributed by atoms with Crippen LogP contribution in [-0.2, 0) is 14.3 Å². The van der Waals surface area contributed by atoms with Crippen LogP contribution in [0.1, 0.15) is 31.7 Å². The predicted molar refractivity (Wildman–Crippen MR) is 80.4 cm³/mol. The summed E-state index contributed by atoms with van der Waals surface area (Å²) in [5, 5.41) is 9.53. The molecule has 3 rings (SSSR count). The van der Waals surface area contributed by atoms with Gasteiger partial charge in [-0.25, -0.2) is 0 Å². The van der Waals surface area contributed by atoms with Crippen molar-refractivity contribution in [3.63, 3.8) is 0 Å². The van der Waals surface area contributed by atoms with E-state index in [2.05, 4.69) is 6.07 Å². The standard InChI is InChI=1S/C18H17NO3/c1-2-22-17(21)18(11-19)9-13-8-15(20)16(14(13)10-18)12-6-4-3-5-7-12/h3-7,13H,2,8-10H2,1H3. The topological polar surface area (TPSA) is 67.2 Å². The molecule has 112 valence electrons. The van der Waals surface area contributed by atoms with Crippen molar-refractivity contribution >= 4 is 17.3 Å². The molecule has 4 heteroatoms. The molecule has 1 aromatic rings. The molecule has 2 aliphatic rings. The predicted octanol–water partition coefficient (Wildman–Crippen LogP) is 2.90. The molecule has 0 bridgehead atoms. The normalized spacial score (nSPS) is 26.7. The molecule has 0 saturated heterocycles. The maximum absolute atomic E-state index is 12.3. The van der Waals surface area contributed by atoms with Crippen LogP contribution in [0.5, 0.6) is 0 Å². The van der Waals surface area contributed by atoms with Gasteiger partial charge in [-0.1, -0.05) is 35.9 Å². The van der Waals surface area contributed by atoms with Crippen molar-refractivity contribution in [1.82, 2.24) is 0 Å². The highest BCUT2D eigenvalue weighted by atomic mass is 16.5. The van der Waals surface area contributed by atoms with Crippen LogP contribution in [0.3, 0.4) is 0 Å². The second-order valence-corrected chi connectivity index (χ2v) is 5.89. The molecule has 1 fully saturated rings. The first-order valence-corrected chi connectivity index (χ1v) is 7.51. The van der Waals surface area contributed by atoms with Crippen molar-refractivity contribution in [2.75, 3.05) is 6.61 Å². The Morgan fingerprint density at radius 1 is 1.41 bits per heavy atom. The largest absolute Gasteiger partial charge is 0.465 e. The number of carbonyl (C=O) groups excluding carboxylic acids is 2. The molecule has 0 aromatic heterocycles. The van der Waals surface area contributed by atoms with Crippen molar-refractivity contribution in [2.24, 2.45) is 11.3 Å². The first-order valence-electron chi connectivity index (χ1n) is 7.51. The highest BCUT2D eigenvalue weighted by Crippen LogP contribution is 2.53. The third-order valence-electron chi connectivity index (χ3n) is 4.55. The Bertz CT molecular complexity index is 699. The summed E-state index contributed by atoms with van der Waals surface area (Å²) in [6.07, 6.45) is 1.09. The van der Waals surface area contributed by atoms with Crippen molar-refractivity contribution in [1.29, 1.82) is 5.26 Å². The van der Waals surface area contributed by atoms with E-state index in [9.17, 15) is 14.9 Å². The lowest BCUT2D eigenvalue weighted by Gasteiger charge is -2.18. The SMILES string of the molecule is CCOC(=O)C1(C#N)CC2=C(c3ccccc3)C(=O)CC2C1. The first-order chi connectivity index (χ1) is 10.6. The molecule has 0 N–H and O–H groups in total. The van der Waals surface area contributed by atoms with Gasteiger partial charge in [0.25, 0.3) is 0 Å². The fourth-order valence-electron chi connectivity index (χ4n) is 3.59. The quantitative estimate of drug-likeness (QED) is 0.804. The summed E-state index contributed by atoms with van der Waals surface area (Å²) in [5.41, 5.74) is 1.40. The van der Waals surface area contributed by atoms with E-state index in [1.54, 1.807) is 6.92 Å². The summed E-state index contributed by atoms with van der Waals surface area (Å²) in [6, 6.07) is 11.6. The number of fused-ring (bicyclic) bond motifs is 1. The van der Waals surface area contributed by atoms with E-state index in [0.29, 0.717) is 24.8 Å². The summed E-state index contributed by atoms with van der Waals surface area (Å²) in [4.78, 5) is 24.5. The Morgan fingerprint density at radius 3 is 2.77 bits per heavy atom. The second kappa shape index (κ2) is 5.42. The van der Waals surface area contributed by atoms with Gasteiger partial charge in [-0.2, -0.15) is 5.26 Å². The first kappa shape index (κ1) is 14.5. The van der Waals surface area contributed by atoms with Gasteiger partial charge in [0.05, 0.1) is 12.7 Å². The van der Waals surface area contributed by atoms with Gasteiger partial charge in [0.1, 0.15) is 0 Å². The highest BCUT2D eigenvalue weighted by molar-refractivity contribution is 6.24. The number of rotatable bonds is 3. The molecule has 0 radical (unpaired) electrons. The van der Waals surface area contributed by atoms with Crippen LogP contribution >= 0.6 is 0 Å².